The molecule has 6 heteroatoms. The Balaban J connectivity index is 1.99. The van der Waals surface area contributed by atoms with Crippen LogP contribution in [0.2, 0.25) is 5.02 Å². The van der Waals surface area contributed by atoms with Gasteiger partial charge in [0, 0.05) is 26.2 Å². The van der Waals surface area contributed by atoms with Gasteiger partial charge in [0.1, 0.15) is 5.75 Å². The molecule has 5 nitrogen and oxygen atoms in total. The van der Waals surface area contributed by atoms with Gasteiger partial charge in [0.05, 0.1) is 5.02 Å². The van der Waals surface area contributed by atoms with Crippen LogP contribution in [-0.2, 0) is 9.59 Å². The molecular formula is C15H19ClN2O3. The molecule has 1 atom stereocenters. The Bertz CT molecular complexity index is 501. The van der Waals surface area contributed by atoms with E-state index in [-0.39, 0.29) is 5.91 Å². The van der Waals surface area contributed by atoms with Gasteiger partial charge >= 0.3 is 0 Å². The summed E-state index contributed by atoms with van der Waals surface area (Å²) in [4.78, 5) is 26.6. The van der Waals surface area contributed by atoms with E-state index < -0.39 is 6.10 Å². The van der Waals surface area contributed by atoms with Crippen LogP contribution < -0.4 is 4.74 Å². The van der Waals surface area contributed by atoms with Gasteiger partial charge in [0.2, 0.25) is 6.41 Å². The van der Waals surface area contributed by atoms with Crippen LogP contribution in [0.3, 0.4) is 0 Å². The second-order valence-corrected chi connectivity index (χ2v) is 5.32. The molecule has 0 aromatic heterocycles. The maximum atomic E-state index is 12.5. The van der Waals surface area contributed by atoms with Crippen molar-refractivity contribution in [3.63, 3.8) is 0 Å². The number of halogens is 1. The highest BCUT2D eigenvalue weighted by molar-refractivity contribution is 6.32. The van der Waals surface area contributed by atoms with Crippen molar-refractivity contribution in [3.05, 3.63) is 29.3 Å². The van der Waals surface area contributed by atoms with E-state index in [1.165, 1.54) is 0 Å². The molecule has 0 radical (unpaired) electrons. The summed E-state index contributed by atoms with van der Waals surface area (Å²) in [5.74, 6) is 0.467. The molecule has 1 aromatic rings. The van der Waals surface area contributed by atoms with Crippen molar-refractivity contribution in [2.24, 2.45) is 0 Å². The van der Waals surface area contributed by atoms with Gasteiger partial charge in [-0.3, -0.25) is 9.59 Å². The topological polar surface area (TPSA) is 49.9 Å². The van der Waals surface area contributed by atoms with Gasteiger partial charge in [-0.1, -0.05) is 30.7 Å². The third-order valence-corrected chi connectivity index (χ3v) is 3.84. The number of carbonyl (C=O) groups is 2. The minimum atomic E-state index is -0.548. The van der Waals surface area contributed by atoms with Crippen molar-refractivity contribution in [1.82, 2.24) is 9.80 Å². The summed E-state index contributed by atoms with van der Waals surface area (Å²) in [7, 11) is 0. The van der Waals surface area contributed by atoms with E-state index in [0.717, 1.165) is 6.41 Å². The van der Waals surface area contributed by atoms with Crippen LogP contribution in [0.1, 0.15) is 13.3 Å². The standard InChI is InChI=1S/C15H19ClN2O3/c1-2-13(21-14-6-4-3-5-12(14)16)15(20)18-9-7-17(11-19)8-10-18/h3-6,11,13H,2,7-10H2,1H3/t13-/m0/s1. The van der Waals surface area contributed by atoms with Crippen molar-refractivity contribution >= 4 is 23.9 Å². The zero-order valence-electron chi connectivity index (χ0n) is 12.0. The zero-order chi connectivity index (χ0) is 15.2. The minimum Gasteiger partial charge on any atom is -0.479 e. The summed E-state index contributed by atoms with van der Waals surface area (Å²) in [5.41, 5.74) is 0. The third kappa shape index (κ3) is 3.88. The van der Waals surface area contributed by atoms with Gasteiger partial charge in [-0.05, 0) is 18.6 Å². The molecule has 114 valence electrons. The Morgan fingerprint density at radius 3 is 2.57 bits per heavy atom. The number of benzene rings is 1. The quantitative estimate of drug-likeness (QED) is 0.779. The summed E-state index contributed by atoms with van der Waals surface area (Å²) < 4.78 is 5.76. The highest BCUT2D eigenvalue weighted by Crippen LogP contribution is 2.25. The predicted octanol–water partition coefficient (Wildman–Crippen LogP) is 1.80. The van der Waals surface area contributed by atoms with Crippen LogP contribution in [0, 0.1) is 0 Å². The molecule has 1 fully saturated rings. The van der Waals surface area contributed by atoms with Crippen LogP contribution in [-0.4, -0.2) is 54.4 Å². The molecule has 0 saturated carbocycles. The van der Waals surface area contributed by atoms with Gasteiger partial charge in [-0.2, -0.15) is 0 Å². The van der Waals surface area contributed by atoms with E-state index in [0.29, 0.717) is 43.4 Å². The van der Waals surface area contributed by atoms with Crippen molar-refractivity contribution in [1.29, 1.82) is 0 Å². The Hall–Kier alpha value is -1.75. The van der Waals surface area contributed by atoms with Gasteiger partial charge in [-0.15, -0.1) is 0 Å². The molecule has 0 aliphatic carbocycles. The molecule has 0 bridgehead atoms. The lowest BCUT2D eigenvalue weighted by Gasteiger charge is -2.34. The summed E-state index contributed by atoms with van der Waals surface area (Å²) in [6.07, 6.45) is 0.838. The smallest absolute Gasteiger partial charge is 0.263 e. The fraction of sp³-hybridized carbons (Fsp3) is 0.467. The SMILES string of the molecule is CC[C@H](Oc1ccccc1Cl)C(=O)N1CCN(C=O)CC1. The minimum absolute atomic E-state index is 0.0528. The molecule has 1 heterocycles. The average Bonchev–Trinajstić information content (AvgIpc) is 2.53. The van der Waals surface area contributed by atoms with E-state index in [9.17, 15) is 9.59 Å². The molecule has 0 spiro atoms. The predicted molar refractivity (Wildman–Crippen MR) is 80.4 cm³/mol. The van der Waals surface area contributed by atoms with Gasteiger partial charge in [0.15, 0.2) is 6.10 Å². The number of piperazine rings is 1. The average molecular weight is 311 g/mol. The molecule has 1 aromatic carbocycles. The van der Waals surface area contributed by atoms with Crippen LogP contribution in [0.15, 0.2) is 24.3 Å². The van der Waals surface area contributed by atoms with E-state index in [2.05, 4.69) is 0 Å². The van der Waals surface area contributed by atoms with Crippen LogP contribution in [0.5, 0.6) is 5.75 Å². The lowest BCUT2D eigenvalue weighted by Crippen LogP contribution is -2.51. The lowest BCUT2D eigenvalue weighted by molar-refractivity contribution is -0.142. The second kappa shape index (κ2) is 7.31. The van der Waals surface area contributed by atoms with E-state index in [4.69, 9.17) is 16.3 Å². The molecule has 1 aliphatic heterocycles. The number of hydrogen-bond acceptors (Lipinski definition) is 3. The second-order valence-electron chi connectivity index (χ2n) is 4.91. The third-order valence-electron chi connectivity index (χ3n) is 3.53. The molecule has 0 N–H and O–H groups in total. The fourth-order valence-electron chi connectivity index (χ4n) is 2.25. The number of ether oxygens (including phenoxy) is 1. The van der Waals surface area contributed by atoms with E-state index in [1.807, 2.05) is 19.1 Å². The van der Waals surface area contributed by atoms with Crippen LogP contribution in [0.4, 0.5) is 0 Å². The lowest BCUT2D eigenvalue weighted by atomic mass is 10.2. The molecule has 1 saturated heterocycles. The molecule has 2 amide bonds. The first-order valence-corrected chi connectivity index (χ1v) is 7.42. The van der Waals surface area contributed by atoms with Crippen LogP contribution in [0.25, 0.3) is 0 Å². The Kier molecular flexibility index (Phi) is 5.44. The molecule has 2 rings (SSSR count). The number of hydrogen-bond donors (Lipinski definition) is 0. The normalized spacial score (nSPS) is 16.5. The molecule has 1 aliphatic rings. The first-order chi connectivity index (χ1) is 10.2. The van der Waals surface area contributed by atoms with Crippen molar-refractivity contribution in [2.75, 3.05) is 26.2 Å². The molecular weight excluding hydrogens is 292 g/mol. The van der Waals surface area contributed by atoms with Gasteiger partial charge in [0.25, 0.3) is 5.91 Å². The Morgan fingerprint density at radius 1 is 1.33 bits per heavy atom. The Morgan fingerprint density at radius 2 is 2.00 bits per heavy atom. The summed E-state index contributed by atoms with van der Waals surface area (Å²) in [6, 6.07) is 7.12. The largest absolute Gasteiger partial charge is 0.479 e. The summed E-state index contributed by atoms with van der Waals surface area (Å²) in [5, 5.41) is 0.495. The van der Waals surface area contributed by atoms with Gasteiger partial charge in [-0.25, -0.2) is 0 Å². The number of nitrogens with zero attached hydrogens (tertiary/aromatic N) is 2. The maximum Gasteiger partial charge on any atom is 0.263 e. The number of para-hydroxylation sites is 1. The summed E-state index contributed by atoms with van der Waals surface area (Å²) >= 11 is 6.06. The molecule has 0 unspecified atom stereocenters. The first-order valence-electron chi connectivity index (χ1n) is 7.05. The molecule has 21 heavy (non-hydrogen) atoms. The highest BCUT2D eigenvalue weighted by Gasteiger charge is 2.27. The summed E-state index contributed by atoms with van der Waals surface area (Å²) in [6.45, 7) is 4.12. The van der Waals surface area contributed by atoms with E-state index in [1.54, 1.807) is 21.9 Å². The van der Waals surface area contributed by atoms with Gasteiger partial charge < -0.3 is 14.5 Å². The fourth-order valence-corrected chi connectivity index (χ4v) is 2.43. The zero-order valence-corrected chi connectivity index (χ0v) is 12.8. The maximum absolute atomic E-state index is 12.5. The monoisotopic (exact) mass is 310 g/mol. The van der Waals surface area contributed by atoms with Crippen molar-refractivity contribution in [2.45, 2.75) is 19.4 Å². The first kappa shape index (κ1) is 15.6. The highest BCUT2D eigenvalue weighted by atomic mass is 35.5. The van der Waals surface area contributed by atoms with E-state index >= 15 is 0 Å². The number of amides is 2. The van der Waals surface area contributed by atoms with Crippen molar-refractivity contribution < 1.29 is 14.3 Å². The number of carbonyl (C=O) groups excluding carboxylic acids is 2. The Labute approximate surface area is 129 Å². The van der Waals surface area contributed by atoms with Crippen LogP contribution >= 0.6 is 11.6 Å². The number of rotatable bonds is 5. The van der Waals surface area contributed by atoms with Crippen molar-refractivity contribution in [3.8, 4) is 5.75 Å².